The van der Waals surface area contributed by atoms with Crippen molar-refractivity contribution in [1.82, 2.24) is 0 Å². The van der Waals surface area contributed by atoms with E-state index in [1.807, 2.05) is 109 Å². The van der Waals surface area contributed by atoms with E-state index in [2.05, 4.69) is 0 Å². The van der Waals surface area contributed by atoms with Crippen LogP contribution in [0.15, 0.2) is 188 Å². The van der Waals surface area contributed by atoms with Crippen molar-refractivity contribution in [2.45, 2.75) is 0 Å². The molecule has 0 radical (unpaired) electrons. The first-order chi connectivity index (χ1) is 25.7. The lowest BCUT2D eigenvalue weighted by Crippen LogP contribution is -2.10. The average molecular weight is 582 g/mol. The third-order valence-electron chi connectivity index (χ3n) is 8.02. The monoisotopic (exact) mass is 581 g/mol. The second-order valence-electron chi connectivity index (χ2n) is 10.8. The van der Waals surface area contributed by atoms with Gasteiger partial charge in [-0.3, -0.25) is 0 Å². The van der Waals surface area contributed by atoms with Gasteiger partial charge in [-0.1, -0.05) is 158 Å². The molecular formula is C44H31N. The third-order valence-corrected chi connectivity index (χ3v) is 8.02. The highest BCUT2D eigenvalue weighted by Gasteiger charge is 2.17. The van der Waals surface area contributed by atoms with E-state index in [4.69, 9.17) is 2.74 Å². The molecule has 0 unspecified atom stereocenters. The van der Waals surface area contributed by atoms with Crippen molar-refractivity contribution in [2.75, 3.05) is 4.90 Å². The Morgan fingerprint density at radius 3 is 1.71 bits per heavy atom. The molecule has 0 amide bonds. The van der Waals surface area contributed by atoms with Gasteiger partial charge in [0.1, 0.15) is 0 Å². The second-order valence-corrected chi connectivity index (χ2v) is 10.8. The van der Waals surface area contributed by atoms with Gasteiger partial charge < -0.3 is 4.90 Å². The summed E-state index contributed by atoms with van der Waals surface area (Å²) in [5, 5.41) is 3.14. The molecule has 8 aromatic rings. The first kappa shape index (κ1) is 19.4. The van der Waals surface area contributed by atoms with Crippen LogP contribution in [-0.4, -0.2) is 0 Å². The zero-order chi connectivity index (χ0) is 37.0. The summed E-state index contributed by atoms with van der Waals surface area (Å²) in [6.07, 6.45) is 0. The van der Waals surface area contributed by atoms with Crippen LogP contribution in [0.5, 0.6) is 0 Å². The van der Waals surface area contributed by atoms with Crippen molar-refractivity contribution in [3.05, 3.63) is 188 Å². The number of nitrogens with zero attached hydrogens (tertiary/aromatic N) is 1. The summed E-state index contributed by atoms with van der Waals surface area (Å²) in [5.41, 5.74) is 3.39. The molecule has 0 saturated carbocycles. The fourth-order valence-corrected chi connectivity index (χ4v) is 5.80. The SMILES string of the molecule is [2H]c1c([2H])c(-c2cccc3ccccc23)c([2H])c(N(c2c([2H])c([2H])c(-c3ccc(-c4ccccc4)cc3)c([2H])c2[2H])c2cccc3ccccc23)c1[2H]. The van der Waals surface area contributed by atoms with E-state index in [0.717, 1.165) is 27.3 Å². The Labute approximate surface area is 275 Å². The third kappa shape index (κ3) is 5.15. The Kier molecular flexibility index (Phi) is 5.01. The standard InChI is InChI=1S/C44H31N/c1-2-11-32(12-3-1)33-23-25-34(26-24-33)35-27-29-39(30-28-35)45(44-22-10-16-37-14-5-7-20-43(37)44)40-18-8-17-38(31-40)42-21-9-15-36-13-4-6-19-41(36)42/h1-31H/i8D,17D,18D,27D,28D,29D,30D,31D. The van der Waals surface area contributed by atoms with E-state index in [0.29, 0.717) is 22.2 Å². The lowest BCUT2D eigenvalue weighted by atomic mass is 9.97. The van der Waals surface area contributed by atoms with Gasteiger partial charge >= 0.3 is 0 Å². The van der Waals surface area contributed by atoms with Crippen LogP contribution in [0, 0.1) is 0 Å². The van der Waals surface area contributed by atoms with Crippen molar-refractivity contribution in [1.29, 1.82) is 0 Å². The molecule has 0 fully saturated rings. The van der Waals surface area contributed by atoms with Gasteiger partial charge in [0, 0.05) is 16.8 Å². The summed E-state index contributed by atoms with van der Waals surface area (Å²) < 4.78 is 74.5. The topological polar surface area (TPSA) is 3.24 Å². The lowest BCUT2D eigenvalue weighted by molar-refractivity contribution is 1.30. The van der Waals surface area contributed by atoms with Gasteiger partial charge in [0.25, 0.3) is 0 Å². The number of anilines is 3. The Morgan fingerprint density at radius 2 is 0.956 bits per heavy atom. The van der Waals surface area contributed by atoms with Crippen LogP contribution in [0.1, 0.15) is 11.0 Å². The van der Waals surface area contributed by atoms with Gasteiger partial charge in [-0.05, 0) is 79.8 Å². The molecule has 0 aliphatic carbocycles. The molecule has 0 aromatic heterocycles. The maximum absolute atomic E-state index is 9.71. The Morgan fingerprint density at radius 1 is 0.378 bits per heavy atom. The Hall–Kier alpha value is -5.92. The van der Waals surface area contributed by atoms with E-state index >= 15 is 0 Å². The molecule has 8 aromatic carbocycles. The predicted octanol–water partition coefficient (Wildman–Crippen LogP) is 12.5. The van der Waals surface area contributed by atoms with Crippen LogP contribution >= 0.6 is 0 Å². The molecular weight excluding hydrogens is 542 g/mol. The summed E-state index contributed by atoms with van der Waals surface area (Å²) in [6, 6.07) is 40.5. The zero-order valence-corrected chi connectivity index (χ0v) is 24.2. The molecule has 0 heterocycles. The summed E-state index contributed by atoms with van der Waals surface area (Å²) >= 11 is 0. The molecule has 0 bridgehead atoms. The van der Waals surface area contributed by atoms with Crippen LogP contribution in [0.4, 0.5) is 17.1 Å². The zero-order valence-electron chi connectivity index (χ0n) is 32.2. The van der Waals surface area contributed by atoms with Crippen molar-refractivity contribution in [3.63, 3.8) is 0 Å². The van der Waals surface area contributed by atoms with Gasteiger partial charge in [-0.2, -0.15) is 0 Å². The maximum Gasteiger partial charge on any atom is 0.0651 e. The van der Waals surface area contributed by atoms with Crippen LogP contribution in [0.3, 0.4) is 0 Å². The molecule has 1 heteroatoms. The minimum atomic E-state index is -0.436. The number of hydrogen-bond acceptors (Lipinski definition) is 1. The molecule has 1 nitrogen and oxygen atoms in total. The molecule has 0 saturated heterocycles. The second kappa shape index (κ2) is 11.6. The minimum Gasteiger partial charge on any atom is -0.310 e. The molecule has 45 heavy (non-hydrogen) atoms. The van der Waals surface area contributed by atoms with Crippen LogP contribution in [-0.2, 0) is 0 Å². The number of hydrogen-bond donors (Lipinski definition) is 0. The van der Waals surface area contributed by atoms with Gasteiger partial charge in [-0.15, -0.1) is 0 Å². The highest BCUT2D eigenvalue weighted by Crippen LogP contribution is 2.41. The summed E-state index contributed by atoms with van der Waals surface area (Å²) in [7, 11) is 0. The van der Waals surface area contributed by atoms with Crippen molar-refractivity contribution < 1.29 is 11.0 Å². The first-order valence-electron chi connectivity index (χ1n) is 18.8. The molecule has 0 aliphatic rings. The van der Waals surface area contributed by atoms with Gasteiger partial charge in [0.15, 0.2) is 0 Å². The fourth-order valence-electron chi connectivity index (χ4n) is 5.80. The quantitative estimate of drug-likeness (QED) is 0.189. The largest absolute Gasteiger partial charge is 0.310 e. The van der Waals surface area contributed by atoms with E-state index < -0.39 is 12.1 Å². The number of fused-ring (bicyclic) bond motifs is 2. The highest BCUT2D eigenvalue weighted by atomic mass is 15.1. The normalized spacial score (nSPS) is 13.6. The molecule has 0 N–H and O–H groups in total. The molecule has 212 valence electrons. The van der Waals surface area contributed by atoms with Crippen LogP contribution in [0.25, 0.3) is 54.9 Å². The molecule has 0 atom stereocenters. The number of rotatable bonds is 6. The molecule has 0 aliphatic heterocycles. The minimum absolute atomic E-state index is 0.119. The van der Waals surface area contributed by atoms with Gasteiger partial charge in [-0.25, -0.2) is 0 Å². The lowest BCUT2D eigenvalue weighted by Gasteiger charge is -2.27. The Balaban J connectivity index is 1.42. The predicted molar refractivity (Wildman–Crippen MR) is 192 cm³/mol. The van der Waals surface area contributed by atoms with Crippen molar-refractivity contribution in [2.24, 2.45) is 0 Å². The number of benzene rings is 8. The first-order valence-corrected chi connectivity index (χ1v) is 14.8. The highest BCUT2D eigenvalue weighted by molar-refractivity contribution is 6.01. The van der Waals surface area contributed by atoms with E-state index in [9.17, 15) is 8.22 Å². The smallest absolute Gasteiger partial charge is 0.0651 e. The molecule has 8 rings (SSSR count). The maximum atomic E-state index is 9.71. The summed E-state index contributed by atoms with van der Waals surface area (Å²) in [6.45, 7) is 0. The van der Waals surface area contributed by atoms with Crippen molar-refractivity contribution in [3.8, 4) is 33.4 Å². The van der Waals surface area contributed by atoms with Crippen LogP contribution < -0.4 is 4.90 Å². The van der Waals surface area contributed by atoms with Crippen molar-refractivity contribution >= 4 is 38.6 Å². The average Bonchev–Trinajstić information content (AvgIpc) is 3.19. The molecule has 0 spiro atoms. The summed E-state index contributed by atoms with van der Waals surface area (Å²) in [4.78, 5) is 1.42. The fraction of sp³-hybridized carbons (Fsp3) is 0. The van der Waals surface area contributed by atoms with E-state index in [1.54, 1.807) is 30.3 Å². The van der Waals surface area contributed by atoms with Crippen LogP contribution in [0.2, 0.25) is 0 Å². The van der Waals surface area contributed by atoms with E-state index in [1.165, 1.54) is 4.90 Å². The van der Waals surface area contributed by atoms with Gasteiger partial charge in [0.2, 0.25) is 0 Å². The van der Waals surface area contributed by atoms with E-state index in [-0.39, 0.29) is 58.8 Å². The summed E-state index contributed by atoms with van der Waals surface area (Å²) in [5.74, 6) is 0. The van der Waals surface area contributed by atoms with Gasteiger partial charge in [0.05, 0.1) is 16.7 Å². The Bertz CT molecular complexity index is 2670.